The molecule has 2 aromatic rings. The van der Waals surface area contributed by atoms with Gasteiger partial charge in [-0.1, -0.05) is 54.6 Å². The number of benzene rings is 2. The molecular weight excluding hydrogens is 409 g/mol. The molecule has 0 saturated carbocycles. The normalized spacial score (nSPS) is 11.8. The molecule has 0 bridgehead atoms. The number of nitrogens with one attached hydrogen (secondary N) is 1. The molecule has 0 radical (unpaired) electrons. The average Bonchev–Trinajstić information content (AvgIpc) is 2.77. The lowest BCUT2D eigenvalue weighted by molar-refractivity contribution is -0.124. The molecule has 0 aliphatic heterocycles. The number of ether oxygens (including phenoxy) is 1. The Balaban J connectivity index is 1.91. The lowest BCUT2D eigenvalue weighted by Gasteiger charge is -2.17. The standard InChI is InChI=1S/C23H26BN3O5/c1-27(2)22(28)20(16-25)14-19-10-6-9-18(13-19)11-12-32-23(29)26-21(24(30)31)15-17-7-4-3-5-8-17/h3-10,13-14,21,30-31H,11-12,15H2,1-2H3,(H,26,29). The number of amides is 2. The zero-order valence-electron chi connectivity index (χ0n) is 18.1. The van der Waals surface area contributed by atoms with Crippen molar-refractivity contribution in [1.82, 2.24) is 10.2 Å². The van der Waals surface area contributed by atoms with Gasteiger partial charge in [0.15, 0.2) is 0 Å². The van der Waals surface area contributed by atoms with Crippen LogP contribution in [0.15, 0.2) is 60.2 Å². The minimum Gasteiger partial charge on any atom is -0.449 e. The molecule has 1 unspecified atom stereocenters. The SMILES string of the molecule is CN(C)C(=O)C(C#N)=Cc1cccc(CCOC(=O)NC(Cc2ccccc2)B(O)O)c1. The van der Waals surface area contributed by atoms with E-state index in [-0.39, 0.29) is 24.5 Å². The second-order valence-corrected chi connectivity index (χ2v) is 7.35. The number of likely N-dealkylation sites (N-methyl/N-ethyl adjacent to an activating group) is 1. The third-order valence-corrected chi connectivity index (χ3v) is 4.60. The first kappa shape index (κ1) is 24.7. The van der Waals surface area contributed by atoms with E-state index in [0.717, 1.165) is 11.1 Å². The van der Waals surface area contributed by atoms with Gasteiger partial charge in [0.25, 0.3) is 5.91 Å². The van der Waals surface area contributed by atoms with Gasteiger partial charge in [0.05, 0.1) is 12.5 Å². The minimum absolute atomic E-state index is 0.0230. The summed E-state index contributed by atoms with van der Waals surface area (Å²) in [6, 6.07) is 18.3. The number of rotatable bonds is 9. The Kier molecular flexibility index (Phi) is 9.48. The van der Waals surface area contributed by atoms with Crippen LogP contribution in [0.2, 0.25) is 0 Å². The number of alkyl carbamates (subject to hydrolysis) is 1. The summed E-state index contributed by atoms with van der Waals surface area (Å²) in [5, 5.41) is 30.8. The highest BCUT2D eigenvalue weighted by Gasteiger charge is 2.26. The van der Waals surface area contributed by atoms with Crippen molar-refractivity contribution < 1.29 is 24.4 Å². The Morgan fingerprint density at radius 3 is 2.47 bits per heavy atom. The Bertz CT molecular complexity index is 987. The molecule has 8 nitrogen and oxygen atoms in total. The fourth-order valence-corrected chi connectivity index (χ4v) is 2.94. The van der Waals surface area contributed by atoms with Crippen LogP contribution in [-0.4, -0.2) is 60.7 Å². The molecule has 1 atom stereocenters. The molecular formula is C23H26BN3O5. The monoisotopic (exact) mass is 435 g/mol. The topological polar surface area (TPSA) is 123 Å². The van der Waals surface area contributed by atoms with Crippen molar-refractivity contribution in [2.45, 2.75) is 18.8 Å². The Morgan fingerprint density at radius 1 is 1.16 bits per heavy atom. The van der Waals surface area contributed by atoms with E-state index < -0.39 is 19.2 Å². The molecule has 9 heteroatoms. The molecule has 0 aliphatic carbocycles. The van der Waals surface area contributed by atoms with Crippen LogP contribution >= 0.6 is 0 Å². The van der Waals surface area contributed by atoms with E-state index in [0.29, 0.717) is 12.0 Å². The number of carbonyl (C=O) groups excluding carboxylic acids is 2. The van der Waals surface area contributed by atoms with Crippen LogP contribution in [0.4, 0.5) is 4.79 Å². The first-order valence-electron chi connectivity index (χ1n) is 10.1. The molecule has 0 heterocycles. The molecule has 32 heavy (non-hydrogen) atoms. The zero-order valence-corrected chi connectivity index (χ0v) is 18.1. The summed E-state index contributed by atoms with van der Waals surface area (Å²) in [5.74, 6) is -1.29. The van der Waals surface area contributed by atoms with E-state index >= 15 is 0 Å². The molecule has 0 fully saturated rings. The van der Waals surface area contributed by atoms with Crippen LogP contribution in [0.3, 0.4) is 0 Å². The number of hydrogen-bond donors (Lipinski definition) is 3. The van der Waals surface area contributed by atoms with Crippen LogP contribution < -0.4 is 5.32 Å². The lowest BCUT2D eigenvalue weighted by Crippen LogP contribution is -2.48. The second kappa shape index (κ2) is 12.3. The molecule has 2 aromatic carbocycles. The third kappa shape index (κ3) is 7.91. The number of carbonyl (C=O) groups is 2. The van der Waals surface area contributed by atoms with Crippen molar-refractivity contribution in [1.29, 1.82) is 5.26 Å². The van der Waals surface area contributed by atoms with E-state index in [1.807, 2.05) is 42.5 Å². The molecule has 2 amide bonds. The van der Waals surface area contributed by atoms with Gasteiger partial charge in [-0.3, -0.25) is 4.79 Å². The average molecular weight is 435 g/mol. The summed E-state index contributed by atoms with van der Waals surface area (Å²) in [4.78, 5) is 25.4. The Hall–Kier alpha value is -3.61. The second-order valence-electron chi connectivity index (χ2n) is 7.35. The molecule has 2 rings (SSSR count). The van der Waals surface area contributed by atoms with Gasteiger partial charge >= 0.3 is 13.2 Å². The van der Waals surface area contributed by atoms with E-state index in [2.05, 4.69) is 5.32 Å². The Morgan fingerprint density at radius 2 is 1.84 bits per heavy atom. The van der Waals surface area contributed by atoms with Gasteiger partial charge in [-0.25, -0.2) is 4.79 Å². The minimum atomic E-state index is -1.73. The van der Waals surface area contributed by atoms with Crippen LogP contribution in [-0.2, 0) is 22.4 Å². The van der Waals surface area contributed by atoms with E-state index in [1.165, 1.54) is 11.0 Å². The van der Waals surface area contributed by atoms with Crippen molar-refractivity contribution in [3.05, 3.63) is 76.9 Å². The highest BCUT2D eigenvalue weighted by Crippen LogP contribution is 2.12. The van der Waals surface area contributed by atoms with Crippen molar-refractivity contribution >= 4 is 25.2 Å². The van der Waals surface area contributed by atoms with Gasteiger partial charge in [0.2, 0.25) is 0 Å². The summed E-state index contributed by atoms with van der Waals surface area (Å²) < 4.78 is 5.18. The van der Waals surface area contributed by atoms with Gasteiger partial charge in [0, 0.05) is 20.5 Å². The van der Waals surface area contributed by atoms with Gasteiger partial charge in [-0.2, -0.15) is 5.26 Å². The predicted molar refractivity (Wildman–Crippen MR) is 121 cm³/mol. The number of hydrogen-bond acceptors (Lipinski definition) is 6. The van der Waals surface area contributed by atoms with Crippen molar-refractivity contribution in [2.75, 3.05) is 20.7 Å². The Labute approximate surface area is 187 Å². The van der Waals surface area contributed by atoms with Gasteiger partial charge < -0.3 is 25.0 Å². The predicted octanol–water partition coefficient (Wildman–Crippen LogP) is 1.57. The van der Waals surface area contributed by atoms with Gasteiger partial charge in [-0.05, 0) is 29.2 Å². The first-order valence-corrected chi connectivity index (χ1v) is 10.1. The molecule has 3 N–H and O–H groups in total. The third-order valence-electron chi connectivity index (χ3n) is 4.60. The maximum Gasteiger partial charge on any atom is 0.475 e. The van der Waals surface area contributed by atoms with E-state index in [1.54, 1.807) is 32.3 Å². The summed E-state index contributed by atoms with van der Waals surface area (Å²) in [6.45, 7) is 0.0698. The fraction of sp³-hybridized carbons (Fsp3) is 0.261. The zero-order chi connectivity index (χ0) is 23.5. The van der Waals surface area contributed by atoms with Gasteiger partial charge in [0.1, 0.15) is 11.6 Å². The molecule has 0 aliphatic rings. The molecule has 0 saturated heterocycles. The van der Waals surface area contributed by atoms with Crippen molar-refractivity contribution in [3.63, 3.8) is 0 Å². The lowest BCUT2D eigenvalue weighted by atomic mass is 9.76. The highest BCUT2D eigenvalue weighted by atomic mass is 16.5. The van der Waals surface area contributed by atoms with Crippen molar-refractivity contribution in [3.8, 4) is 6.07 Å². The van der Waals surface area contributed by atoms with E-state index in [4.69, 9.17) is 4.74 Å². The maximum absolute atomic E-state index is 12.1. The molecule has 166 valence electrons. The molecule has 0 aromatic heterocycles. The highest BCUT2D eigenvalue weighted by molar-refractivity contribution is 6.43. The molecule has 0 spiro atoms. The summed E-state index contributed by atoms with van der Waals surface area (Å²) in [6.07, 6.45) is 1.41. The summed E-state index contributed by atoms with van der Waals surface area (Å²) in [5.41, 5.74) is 2.41. The number of nitriles is 1. The maximum atomic E-state index is 12.1. The quantitative estimate of drug-likeness (QED) is 0.312. The van der Waals surface area contributed by atoms with Gasteiger partial charge in [-0.15, -0.1) is 0 Å². The fourth-order valence-electron chi connectivity index (χ4n) is 2.94. The van der Waals surface area contributed by atoms with Crippen LogP contribution in [0.1, 0.15) is 16.7 Å². The van der Waals surface area contributed by atoms with Crippen LogP contribution in [0.5, 0.6) is 0 Å². The van der Waals surface area contributed by atoms with Crippen LogP contribution in [0.25, 0.3) is 6.08 Å². The summed E-state index contributed by atoms with van der Waals surface area (Å²) in [7, 11) is 1.42. The summed E-state index contributed by atoms with van der Waals surface area (Å²) >= 11 is 0. The number of nitrogens with zero attached hydrogens (tertiary/aromatic N) is 2. The largest absolute Gasteiger partial charge is 0.475 e. The van der Waals surface area contributed by atoms with E-state index in [9.17, 15) is 24.9 Å². The van der Waals surface area contributed by atoms with Crippen molar-refractivity contribution in [2.24, 2.45) is 0 Å². The first-order chi connectivity index (χ1) is 15.3. The smallest absolute Gasteiger partial charge is 0.449 e. The van der Waals surface area contributed by atoms with Crippen LogP contribution in [0, 0.1) is 11.3 Å².